The van der Waals surface area contributed by atoms with Gasteiger partial charge < -0.3 is 19.5 Å². The van der Waals surface area contributed by atoms with Gasteiger partial charge in [0.15, 0.2) is 23.9 Å². The zero-order valence-electron chi connectivity index (χ0n) is 18.4. The summed E-state index contributed by atoms with van der Waals surface area (Å²) in [5.41, 5.74) is 1.53. The molecule has 0 heterocycles. The summed E-state index contributed by atoms with van der Waals surface area (Å²) < 4.78 is 40.3. The number of ether oxygens (including phenoxy) is 3. The van der Waals surface area contributed by atoms with Crippen LogP contribution in [0.15, 0.2) is 78.9 Å². The Morgan fingerprint density at radius 3 is 2.47 bits per heavy atom. The van der Waals surface area contributed by atoms with Crippen molar-refractivity contribution in [3.63, 3.8) is 0 Å². The number of benzene rings is 3. The number of carbonyl (C=O) groups excluding carboxylic acids is 2. The van der Waals surface area contributed by atoms with E-state index in [-0.39, 0.29) is 29.6 Å². The third-order valence-electron chi connectivity index (χ3n) is 4.45. The fraction of sp³-hybridized carbons (Fsp3) is 0.154. The molecule has 0 saturated carbocycles. The molecule has 8 heteroatoms. The van der Waals surface area contributed by atoms with Crippen LogP contribution < -0.4 is 19.5 Å². The molecule has 0 radical (unpaired) electrons. The maximum Gasteiger partial charge on any atom is 0.387 e. The first kappa shape index (κ1) is 24.4. The minimum absolute atomic E-state index is 0.0920. The Bertz CT molecular complexity index is 1150. The highest BCUT2D eigenvalue weighted by Crippen LogP contribution is 2.29. The van der Waals surface area contributed by atoms with Crippen LogP contribution in [0.1, 0.15) is 22.8 Å². The predicted molar refractivity (Wildman–Crippen MR) is 125 cm³/mol. The number of allylic oxidation sites excluding steroid dienone is 1. The molecule has 3 aromatic carbocycles. The summed E-state index contributed by atoms with van der Waals surface area (Å²) in [5.74, 6) is 0.00451. The van der Waals surface area contributed by atoms with E-state index in [4.69, 9.17) is 9.47 Å². The van der Waals surface area contributed by atoms with Crippen molar-refractivity contribution in [3.8, 4) is 17.2 Å². The van der Waals surface area contributed by atoms with Crippen molar-refractivity contribution in [1.29, 1.82) is 0 Å². The molecule has 0 bridgehead atoms. The van der Waals surface area contributed by atoms with Crippen LogP contribution in [0.25, 0.3) is 6.08 Å². The van der Waals surface area contributed by atoms with E-state index in [1.807, 2.05) is 25.1 Å². The van der Waals surface area contributed by atoms with E-state index >= 15 is 0 Å². The minimum atomic E-state index is -2.97. The lowest BCUT2D eigenvalue weighted by Gasteiger charge is -2.13. The van der Waals surface area contributed by atoms with Crippen LogP contribution in [0.4, 0.5) is 14.5 Å². The standard InChI is InChI=1S/C26H23F2NO5/c1-2-32-24-15-18(11-13-22(30)19-7-6-10-21(16-19)34-26(27)28)12-14-23(24)33-17-25(31)29-20-8-4-3-5-9-20/h3-16,26H,2,17H2,1H3,(H,29,31)/b13-11+. The van der Waals surface area contributed by atoms with Gasteiger partial charge >= 0.3 is 6.61 Å². The fourth-order valence-electron chi connectivity index (χ4n) is 2.97. The highest BCUT2D eigenvalue weighted by Gasteiger charge is 2.10. The van der Waals surface area contributed by atoms with Gasteiger partial charge in [-0.2, -0.15) is 8.78 Å². The van der Waals surface area contributed by atoms with Crippen LogP contribution in [0, 0.1) is 0 Å². The molecular formula is C26H23F2NO5. The summed E-state index contributed by atoms with van der Waals surface area (Å²) in [6, 6.07) is 19.6. The van der Waals surface area contributed by atoms with Gasteiger partial charge in [-0.05, 0) is 55.0 Å². The Balaban J connectivity index is 1.65. The third kappa shape index (κ3) is 7.44. The van der Waals surface area contributed by atoms with Crippen molar-refractivity contribution < 1.29 is 32.6 Å². The lowest BCUT2D eigenvalue weighted by Crippen LogP contribution is -2.20. The van der Waals surface area contributed by atoms with E-state index < -0.39 is 6.61 Å². The number of amides is 1. The normalized spacial score (nSPS) is 10.8. The van der Waals surface area contributed by atoms with Gasteiger partial charge in [-0.3, -0.25) is 9.59 Å². The van der Waals surface area contributed by atoms with Crippen LogP contribution in [0.3, 0.4) is 0 Å². The first-order valence-corrected chi connectivity index (χ1v) is 10.5. The quantitative estimate of drug-likeness (QED) is 0.294. The van der Waals surface area contributed by atoms with Gasteiger partial charge in [-0.25, -0.2) is 0 Å². The van der Waals surface area contributed by atoms with Gasteiger partial charge in [-0.15, -0.1) is 0 Å². The molecule has 176 valence electrons. The maximum absolute atomic E-state index is 12.4. The Morgan fingerprint density at radius 2 is 1.74 bits per heavy atom. The number of ketones is 1. The highest BCUT2D eigenvalue weighted by molar-refractivity contribution is 6.07. The summed E-state index contributed by atoms with van der Waals surface area (Å²) in [4.78, 5) is 24.6. The molecule has 0 aliphatic heterocycles. The largest absolute Gasteiger partial charge is 0.490 e. The van der Waals surface area contributed by atoms with Crippen molar-refractivity contribution in [2.24, 2.45) is 0 Å². The SMILES string of the molecule is CCOc1cc(/C=C/C(=O)c2cccc(OC(F)F)c2)ccc1OCC(=O)Nc1ccccc1. The summed E-state index contributed by atoms with van der Waals surface area (Å²) >= 11 is 0. The maximum atomic E-state index is 12.4. The van der Waals surface area contributed by atoms with Crippen LogP contribution in [-0.2, 0) is 4.79 Å². The monoisotopic (exact) mass is 467 g/mol. The topological polar surface area (TPSA) is 73.9 Å². The summed E-state index contributed by atoms with van der Waals surface area (Å²) in [7, 11) is 0. The number of hydrogen-bond donors (Lipinski definition) is 1. The van der Waals surface area contributed by atoms with E-state index in [0.717, 1.165) is 0 Å². The van der Waals surface area contributed by atoms with Crippen molar-refractivity contribution in [2.75, 3.05) is 18.5 Å². The van der Waals surface area contributed by atoms with E-state index in [0.29, 0.717) is 29.4 Å². The van der Waals surface area contributed by atoms with Gasteiger partial charge in [-0.1, -0.05) is 42.5 Å². The van der Waals surface area contributed by atoms with Gasteiger partial charge in [0.2, 0.25) is 0 Å². The second kappa shape index (κ2) is 12.2. The van der Waals surface area contributed by atoms with Crippen molar-refractivity contribution in [1.82, 2.24) is 0 Å². The summed E-state index contributed by atoms with van der Waals surface area (Å²) in [6.07, 6.45) is 2.89. The number of carbonyl (C=O) groups is 2. The fourth-order valence-corrected chi connectivity index (χ4v) is 2.97. The summed E-state index contributed by atoms with van der Waals surface area (Å²) in [6.45, 7) is -0.996. The number of alkyl halides is 2. The van der Waals surface area contributed by atoms with E-state index in [1.54, 1.807) is 36.4 Å². The lowest BCUT2D eigenvalue weighted by atomic mass is 10.1. The average molecular weight is 467 g/mol. The molecule has 0 unspecified atom stereocenters. The van der Waals surface area contributed by atoms with Crippen LogP contribution >= 0.6 is 0 Å². The molecule has 1 N–H and O–H groups in total. The predicted octanol–water partition coefficient (Wildman–Crippen LogP) is 5.60. The first-order valence-electron chi connectivity index (χ1n) is 10.5. The van der Waals surface area contributed by atoms with Gasteiger partial charge in [0, 0.05) is 11.3 Å². The summed E-state index contributed by atoms with van der Waals surface area (Å²) in [5, 5.41) is 2.73. The molecule has 3 rings (SSSR count). The Kier molecular flexibility index (Phi) is 8.73. The molecule has 0 fully saturated rings. The van der Waals surface area contributed by atoms with E-state index in [1.165, 1.54) is 30.3 Å². The molecule has 0 aromatic heterocycles. The highest BCUT2D eigenvalue weighted by atomic mass is 19.3. The number of anilines is 1. The zero-order valence-corrected chi connectivity index (χ0v) is 18.4. The Hall–Kier alpha value is -4.20. The molecule has 34 heavy (non-hydrogen) atoms. The second-order valence-corrected chi connectivity index (χ2v) is 6.95. The number of rotatable bonds is 11. The Morgan fingerprint density at radius 1 is 0.941 bits per heavy atom. The third-order valence-corrected chi connectivity index (χ3v) is 4.45. The van der Waals surface area contributed by atoms with E-state index in [9.17, 15) is 18.4 Å². The van der Waals surface area contributed by atoms with Crippen molar-refractivity contribution >= 4 is 23.5 Å². The molecule has 0 aliphatic rings. The number of halogens is 2. The second-order valence-electron chi connectivity index (χ2n) is 6.95. The van der Waals surface area contributed by atoms with Gasteiger partial charge in [0.1, 0.15) is 5.75 Å². The number of nitrogens with one attached hydrogen (secondary N) is 1. The van der Waals surface area contributed by atoms with Crippen LogP contribution in [0.2, 0.25) is 0 Å². The minimum Gasteiger partial charge on any atom is -0.490 e. The average Bonchev–Trinajstić information content (AvgIpc) is 2.82. The van der Waals surface area contributed by atoms with Crippen LogP contribution in [0.5, 0.6) is 17.2 Å². The van der Waals surface area contributed by atoms with E-state index in [2.05, 4.69) is 10.1 Å². The number of para-hydroxylation sites is 1. The molecule has 3 aromatic rings. The molecule has 1 amide bonds. The lowest BCUT2D eigenvalue weighted by molar-refractivity contribution is -0.118. The molecule has 0 spiro atoms. The molecule has 0 aliphatic carbocycles. The van der Waals surface area contributed by atoms with Crippen LogP contribution in [-0.4, -0.2) is 31.5 Å². The molecule has 6 nitrogen and oxygen atoms in total. The van der Waals surface area contributed by atoms with Crippen molar-refractivity contribution in [3.05, 3.63) is 90.0 Å². The first-order chi connectivity index (χ1) is 16.4. The molecular weight excluding hydrogens is 444 g/mol. The Labute approximate surface area is 195 Å². The number of hydrogen-bond acceptors (Lipinski definition) is 5. The van der Waals surface area contributed by atoms with Gasteiger partial charge in [0.25, 0.3) is 5.91 Å². The molecule has 0 atom stereocenters. The van der Waals surface area contributed by atoms with Crippen molar-refractivity contribution in [2.45, 2.75) is 13.5 Å². The zero-order chi connectivity index (χ0) is 24.3. The molecule has 0 saturated heterocycles. The van der Waals surface area contributed by atoms with Gasteiger partial charge in [0.05, 0.1) is 6.61 Å². The smallest absolute Gasteiger partial charge is 0.387 e.